The van der Waals surface area contributed by atoms with Crippen molar-refractivity contribution in [2.75, 3.05) is 32.1 Å². The van der Waals surface area contributed by atoms with Crippen LogP contribution in [0.2, 0.25) is 0 Å². The Bertz CT molecular complexity index is 873. The summed E-state index contributed by atoms with van der Waals surface area (Å²) in [6.45, 7) is 5.06. The molecule has 9 heteroatoms. The molecule has 1 aliphatic rings. The zero-order valence-electron chi connectivity index (χ0n) is 16.8. The largest absolute Gasteiger partial charge is 0.473 e. The molecule has 28 heavy (non-hydrogen) atoms. The Morgan fingerprint density at radius 3 is 2.93 bits per heavy atom. The van der Waals surface area contributed by atoms with Gasteiger partial charge in [-0.15, -0.1) is 0 Å². The van der Waals surface area contributed by atoms with Crippen LogP contribution in [0, 0.1) is 0 Å². The monoisotopic (exact) mass is 389 g/mol. The van der Waals surface area contributed by atoms with Crippen LogP contribution in [0.3, 0.4) is 0 Å². The average molecular weight is 389 g/mol. The van der Waals surface area contributed by atoms with Gasteiger partial charge in [0.05, 0.1) is 11.8 Å². The highest BCUT2D eigenvalue weighted by atomic mass is 16.5. The van der Waals surface area contributed by atoms with E-state index in [1.165, 1.54) is 6.07 Å². The van der Waals surface area contributed by atoms with Gasteiger partial charge in [-0.25, -0.2) is 4.98 Å². The molecule has 9 nitrogen and oxygen atoms in total. The zero-order valence-corrected chi connectivity index (χ0v) is 16.8. The molecule has 1 saturated heterocycles. The number of nitrogens with zero attached hydrogens (tertiary/aromatic N) is 4. The van der Waals surface area contributed by atoms with Gasteiger partial charge in [-0.2, -0.15) is 0 Å². The minimum atomic E-state index is -0.178. The Balaban J connectivity index is 1.56. The van der Waals surface area contributed by atoms with Gasteiger partial charge in [0.15, 0.2) is 0 Å². The molecule has 0 saturated carbocycles. The molecule has 2 aromatic rings. The lowest BCUT2D eigenvalue weighted by Gasteiger charge is -2.17. The number of ether oxygens (including phenoxy) is 1. The molecule has 0 spiro atoms. The lowest BCUT2D eigenvalue weighted by atomic mass is 10.1. The van der Waals surface area contributed by atoms with Crippen LogP contribution < -0.4 is 15.2 Å². The number of anilines is 1. The maximum atomic E-state index is 12.6. The van der Waals surface area contributed by atoms with E-state index in [1.54, 1.807) is 11.0 Å². The zero-order chi connectivity index (χ0) is 20.3. The van der Waals surface area contributed by atoms with Crippen molar-refractivity contribution < 1.29 is 14.1 Å². The second kappa shape index (κ2) is 8.45. The van der Waals surface area contributed by atoms with Gasteiger partial charge >= 0.3 is 0 Å². The highest BCUT2D eigenvalue weighted by Crippen LogP contribution is 2.26. The molecule has 2 aromatic heterocycles. The molecular weight excluding hydrogens is 362 g/mol. The van der Waals surface area contributed by atoms with Crippen LogP contribution in [-0.4, -0.2) is 59.2 Å². The Morgan fingerprint density at radius 1 is 1.43 bits per heavy atom. The quantitative estimate of drug-likeness (QED) is 0.766. The van der Waals surface area contributed by atoms with E-state index >= 15 is 0 Å². The fourth-order valence-corrected chi connectivity index (χ4v) is 3.21. The molecule has 0 radical (unpaired) electrons. The minimum absolute atomic E-state index is 0.0213. The average Bonchev–Trinajstić information content (AvgIpc) is 3.28. The molecule has 1 amide bonds. The van der Waals surface area contributed by atoms with E-state index < -0.39 is 0 Å². The first kappa shape index (κ1) is 19.9. The molecule has 1 aliphatic heterocycles. The number of aromatic nitrogens is 3. The number of hydrogen-bond acceptors (Lipinski definition) is 7. The summed E-state index contributed by atoms with van der Waals surface area (Å²) >= 11 is 0. The van der Waals surface area contributed by atoms with Gasteiger partial charge in [-0.3, -0.25) is 14.6 Å². The second-order valence-corrected chi connectivity index (χ2v) is 7.51. The summed E-state index contributed by atoms with van der Waals surface area (Å²) in [5.41, 5.74) is 0.552. The number of nitrogens with one attached hydrogen (secondary N) is 1. The summed E-state index contributed by atoms with van der Waals surface area (Å²) in [5, 5.41) is 3.85. The first-order valence-electron chi connectivity index (χ1n) is 9.50. The predicted octanol–water partition coefficient (Wildman–Crippen LogP) is 1.56. The van der Waals surface area contributed by atoms with Crippen molar-refractivity contribution in [3.05, 3.63) is 33.9 Å². The fraction of sp³-hybridized carbons (Fsp3) is 0.579. The van der Waals surface area contributed by atoms with E-state index in [-0.39, 0.29) is 23.5 Å². The Kier molecular flexibility index (Phi) is 6.01. The van der Waals surface area contributed by atoms with Crippen molar-refractivity contribution >= 4 is 11.9 Å². The van der Waals surface area contributed by atoms with E-state index in [1.807, 2.05) is 32.8 Å². The fourth-order valence-electron chi connectivity index (χ4n) is 3.21. The number of aromatic amines is 1. The standard InChI is InChI=1S/C19H27N5O4/c1-12(2)27-17-9-14(28-22-17)5-6-18(26)24-8-7-13(11-24)15-10-16(25)21-19(20-15)23(3)4/h9-10,12-13H,5-8,11H2,1-4H3,(H,20,21,25)/t13-/m1/s1. The smallest absolute Gasteiger partial charge is 0.254 e. The normalized spacial score (nSPS) is 16.6. The van der Waals surface area contributed by atoms with Crippen LogP contribution in [0.1, 0.15) is 44.1 Å². The van der Waals surface area contributed by atoms with E-state index in [0.29, 0.717) is 43.5 Å². The third-order valence-electron chi connectivity index (χ3n) is 4.61. The maximum Gasteiger partial charge on any atom is 0.254 e. The molecule has 3 rings (SSSR count). The van der Waals surface area contributed by atoms with E-state index in [0.717, 1.165) is 12.1 Å². The van der Waals surface area contributed by atoms with Gasteiger partial charge in [0.1, 0.15) is 5.76 Å². The van der Waals surface area contributed by atoms with Crippen molar-refractivity contribution in [1.29, 1.82) is 0 Å². The van der Waals surface area contributed by atoms with Crippen LogP contribution >= 0.6 is 0 Å². The van der Waals surface area contributed by atoms with Crippen LogP contribution in [0.4, 0.5) is 5.95 Å². The maximum absolute atomic E-state index is 12.6. The number of carbonyl (C=O) groups excluding carboxylic acids is 1. The molecule has 1 N–H and O–H groups in total. The van der Waals surface area contributed by atoms with Crippen molar-refractivity contribution in [3.8, 4) is 5.88 Å². The summed E-state index contributed by atoms with van der Waals surface area (Å²) in [6.07, 6.45) is 1.63. The van der Waals surface area contributed by atoms with E-state index in [9.17, 15) is 9.59 Å². The first-order valence-corrected chi connectivity index (χ1v) is 9.50. The Hall–Kier alpha value is -2.84. The first-order chi connectivity index (χ1) is 13.3. The third kappa shape index (κ3) is 4.90. The van der Waals surface area contributed by atoms with Crippen LogP contribution in [0.5, 0.6) is 5.88 Å². The van der Waals surface area contributed by atoms with Crippen molar-refractivity contribution in [1.82, 2.24) is 20.0 Å². The molecule has 3 heterocycles. The highest BCUT2D eigenvalue weighted by Gasteiger charge is 2.28. The molecule has 0 bridgehead atoms. The summed E-state index contributed by atoms with van der Waals surface area (Å²) in [6, 6.07) is 3.25. The van der Waals surface area contributed by atoms with Gasteiger partial charge in [-0.05, 0) is 25.4 Å². The van der Waals surface area contributed by atoms with Gasteiger partial charge in [0.25, 0.3) is 11.4 Å². The van der Waals surface area contributed by atoms with Gasteiger partial charge in [-0.1, -0.05) is 0 Å². The van der Waals surface area contributed by atoms with E-state index in [4.69, 9.17) is 9.26 Å². The summed E-state index contributed by atoms with van der Waals surface area (Å²) in [5.74, 6) is 1.73. The molecule has 0 aromatic carbocycles. The van der Waals surface area contributed by atoms with Crippen LogP contribution in [0.15, 0.2) is 21.5 Å². The SMILES string of the molecule is CC(C)Oc1cc(CCC(=O)N2CC[C@@H](c3cc(=O)[nH]c(N(C)C)n3)C2)on1. The minimum Gasteiger partial charge on any atom is -0.473 e. The topological polar surface area (TPSA) is 105 Å². The van der Waals surface area contributed by atoms with Crippen LogP contribution in [-0.2, 0) is 11.2 Å². The second-order valence-electron chi connectivity index (χ2n) is 7.51. The lowest BCUT2D eigenvalue weighted by molar-refractivity contribution is -0.130. The van der Waals surface area contributed by atoms with E-state index in [2.05, 4.69) is 15.1 Å². The lowest BCUT2D eigenvalue weighted by Crippen LogP contribution is -2.29. The number of amides is 1. The molecule has 1 fully saturated rings. The summed E-state index contributed by atoms with van der Waals surface area (Å²) < 4.78 is 10.7. The van der Waals surface area contributed by atoms with Gasteiger partial charge in [0, 0.05) is 58.1 Å². The Labute approximate surface area is 163 Å². The molecular formula is C19H27N5O4. The summed E-state index contributed by atoms with van der Waals surface area (Å²) in [7, 11) is 3.65. The van der Waals surface area contributed by atoms with Gasteiger partial charge < -0.3 is 19.1 Å². The molecule has 0 unspecified atom stereocenters. The highest BCUT2D eigenvalue weighted by molar-refractivity contribution is 5.76. The third-order valence-corrected chi connectivity index (χ3v) is 4.61. The number of hydrogen-bond donors (Lipinski definition) is 1. The predicted molar refractivity (Wildman–Crippen MR) is 104 cm³/mol. The van der Waals surface area contributed by atoms with Crippen molar-refractivity contribution in [3.63, 3.8) is 0 Å². The van der Waals surface area contributed by atoms with Gasteiger partial charge in [0.2, 0.25) is 11.9 Å². The van der Waals surface area contributed by atoms with Crippen molar-refractivity contribution in [2.45, 2.75) is 45.1 Å². The number of rotatable bonds is 7. The van der Waals surface area contributed by atoms with Crippen molar-refractivity contribution in [2.24, 2.45) is 0 Å². The Morgan fingerprint density at radius 2 is 2.21 bits per heavy atom. The van der Waals surface area contributed by atoms with Crippen LogP contribution in [0.25, 0.3) is 0 Å². The molecule has 152 valence electrons. The molecule has 0 aliphatic carbocycles. The number of aryl methyl sites for hydroxylation is 1. The number of H-pyrrole nitrogens is 1. The number of carbonyl (C=O) groups is 1. The summed E-state index contributed by atoms with van der Waals surface area (Å²) in [4.78, 5) is 35.3. The number of likely N-dealkylation sites (tertiary alicyclic amines) is 1. The molecule has 1 atom stereocenters.